The number of H-pyrrole nitrogens is 1. The Morgan fingerprint density at radius 1 is 0.974 bits per heavy atom. The summed E-state index contributed by atoms with van der Waals surface area (Å²) < 4.78 is 53.4. The molecule has 1 unspecified atom stereocenters. The van der Waals surface area contributed by atoms with Crippen LogP contribution in [0.1, 0.15) is 34.5 Å². The van der Waals surface area contributed by atoms with Gasteiger partial charge in [-0.25, -0.2) is 14.4 Å². The van der Waals surface area contributed by atoms with Crippen LogP contribution in [0.3, 0.4) is 0 Å². The average molecular weight is 536 g/mol. The normalized spacial score (nSPS) is 12.3. The van der Waals surface area contributed by atoms with Gasteiger partial charge in [-0.1, -0.05) is 24.3 Å². The fraction of sp³-hybridized carbons (Fsp3) is 0.111. The summed E-state index contributed by atoms with van der Waals surface area (Å²) in [5.41, 5.74) is 7.73. The third-order valence-corrected chi connectivity index (χ3v) is 6.10. The summed E-state index contributed by atoms with van der Waals surface area (Å²) in [5, 5.41) is 12.9. The van der Waals surface area contributed by atoms with E-state index in [0.29, 0.717) is 23.0 Å². The van der Waals surface area contributed by atoms with Crippen molar-refractivity contribution in [3.63, 3.8) is 0 Å². The van der Waals surface area contributed by atoms with Gasteiger partial charge in [0.15, 0.2) is 5.65 Å². The second-order valence-corrected chi connectivity index (χ2v) is 8.80. The molecule has 0 saturated heterocycles. The molecule has 0 spiro atoms. The van der Waals surface area contributed by atoms with Crippen molar-refractivity contribution in [3.8, 4) is 11.1 Å². The van der Waals surface area contributed by atoms with Gasteiger partial charge in [0.1, 0.15) is 17.5 Å². The number of nitrogen functional groups attached to an aromatic ring is 1. The molecule has 0 radical (unpaired) electrons. The zero-order valence-corrected chi connectivity index (χ0v) is 20.3. The number of aromatic amines is 1. The van der Waals surface area contributed by atoms with Crippen molar-refractivity contribution < 1.29 is 22.4 Å². The number of anilines is 3. The van der Waals surface area contributed by atoms with Crippen molar-refractivity contribution in [2.24, 2.45) is 0 Å². The molecule has 5 rings (SSSR count). The molecule has 5 aromatic rings. The monoisotopic (exact) mass is 535 g/mol. The number of fused-ring (bicyclic) bond motifs is 1. The molecule has 0 aliphatic heterocycles. The molecule has 12 heteroatoms. The molecule has 1 amide bonds. The first-order chi connectivity index (χ1) is 18.6. The summed E-state index contributed by atoms with van der Waals surface area (Å²) in [6.07, 6.45) is -2.36. The van der Waals surface area contributed by atoms with Crippen molar-refractivity contribution in [2.75, 3.05) is 16.4 Å². The number of alkyl halides is 3. The topological polar surface area (TPSA) is 122 Å². The molecule has 39 heavy (non-hydrogen) atoms. The Bertz CT molecular complexity index is 1650. The zero-order valence-electron chi connectivity index (χ0n) is 20.3. The summed E-state index contributed by atoms with van der Waals surface area (Å²) in [7, 11) is 0. The maximum atomic E-state index is 13.4. The predicted octanol–water partition coefficient (Wildman–Crippen LogP) is 6.19. The van der Waals surface area contributed by atoms with Crippen molar-refractivity contribution in [1.29, 1.82) is 0 Å². The van der Waals surface area contributed by atoms with Crippen LogP contribution in [-0.2, 0) is 6.18 Å². The minimum absolute atomic E-state index is 0.0377. The van der Waals surface area contributed by atoms with Crippen LogP contribution in [0.2, 0.25) is 0 Å². The lowest BCUT2D eigenvalue weighted by molar-refractivity contribution is -0.137. The highest BCUT2D eigenvalue weighted by Gasteiger charge is 2.33. The third-order valence-electron chi connectivity index (χ3n) is 6.10. The van der Waals surface area contributed by atoms with Crippen LogP contribution < -0.4 is 16.4 Å². The van der Waals surface area contributed by atoms with Gasteiger partial charge in [-0.05, 0) is 54.4 Å². The van der Waals surface area contributed by atoms with Gasteiger partial charge in [0.25, 0.3) is 5.91 Å². The number of nitrogens with two attached hydrogens (primary N) is 1. The maximum Gasteiger partial charge on any atom is 0.417 e. The molecule has 2 aromatic carbocycles. The van der Waals surface area contributed by atoms with Crippen LogP contribution >= 0.6 is 0 Å². The van der Waals surface area contributed by atoms with Gasteiger partial charge in [0, 0.05) is 29.7 Å². The fourth-order valence-corrected chi connectivity index (χ4v) is 3.97. The lowest BCUT2D eigenvalue weighted by Crippen LogP contribution is -2.19. The number of hydrogen-bond acceptors (Lipinski definition) is 6. The van der Waals surface area contributed by atoms with E-state index in [2.05, 4.69) is 30.8 Å². The lowest BCUT2D eigenvalue weighted by Gasteiger charge is -2.19. The molecule has 1 atom stereocenters. The van der Waals surface area contributed by atoms with Crippen molar-refractivity contribution >= 4 is 34.3 Å². The molecular weight excluding hydrogens is 514 g/mol. The second-order valence-electron chi connectivity index (χ2n) is 8.80. The molecule has 0 aliphatic rings. The molecule has 0 fully saturated rings. The molecule has 8 nitrogen and oxygen atoms in total. The number of rotatable bonds is 6. The minimum atomic E-state index is -4.70. The van der Waals surface area contributed by atoms with Gasteiger partial charge in [-0.2, -0.15) is 18.3 Å². The minimum Gasteiger partial charge on any atom is -0.384 e. The Hall–Kier alpha value is -5.00. The standard InChI is InChI=1S/C27H21F4N7O/c1-14(15-2-4-16(5-3-15)17-10-21-23(32)37-38-25(21)33-12-17)35-24-22(11-18(13-34-24)27(29,30)31)26(39)36-20-8-6-19(28)7-9-20/h2-14H,1H3,(H,34,35)(H,36,39)(H3,32,33,37,38). The Morgan fingerprint density at radius 3 is 2.38 bits per heavy atom. The third kappa shape index (κ3) is 5.49. The number of pyridine rings is 2. The summed E-state index contributed by atoms with van der Waals surface area (Å²) in [5.74, 6) is -0.966. The Kier molecular flexibility index (Phi) is 6.60. The lowest BCUT2D eigenvalue weighted by atomic mass is 10.0. The van der Waals surface area contributed by atoms with Gasteiger partial charge >= 0.3 is 6.18 Å². The van der Waals surface area contributed by atoms with Crippen LogP contribution in [0, 0.1) is 5.82 Å². The SMILES string of the molecule is CC(Nc1ncc(C(F)(F)F)cc1C(=O)Nc1ccc(F)cc1)c1ccc(-c2cnc3n[nH]c(N)c3c2)cc1. The fourth-order valence-electron chi connectivity index (χ4n) is 3.97. The molecular formula is C27H21F4N7O. The number of carbonyl (C=O) groups excluding carboxylic acids is 1. The smallest absolute Gasteiger partial charge is 0.384 e. The summed E-state index contributed by atoms with van der Waals surface area (Å²) in [4.78, 5) is 21.1. The van der Waals surface area contributed by atoms with Crippen LogP contribution in [0.4, 0.5) is 34.9 Å². The molecule has 0 bridgehead atoms. The molecule has 0 saturated carbocycles. The number of amides is 1. The number of nitrogens with zero attached hydrogens (tertiary/aromatic N) is 3. The van der Waals surface area contributed by atoms with Gasteiger partial charge in [-0.3, -0.25) is 9.89 Å². The number of halogens is 4. The van der Waals surface area contributed by atoms with E-state index in [4.69, 9.17) is 5.73 Å². The maximum absolute atomic E-state index is 13.4. The van der Waals surface area contributed by atoms with Crippen LogP contribution in [-0.4, -0.2) is 26.1 Å². The van der Waals surface area contributed by atoms with Crippen molar-refractivity contribution in [1.82, 2.24) is 20.2 Å². The quantitative estimate of drug-likeness (QED) is 0.193. The van der Waals surface area contributed by atoms with Gasteiger partial charge in [0.2, 0.25) is 0 Å². The van der Waals surface area contributed by atoms with E-state index in [9.17, 15) is 22.4 Å². The highest BCUT2D eigenvalue weighted by molar-refractivity contribution is 6.07. The van der Waals surface area contributed by atoms with Crippen LogP contribution in [0.15, 0.2) is 73.1 Å². The van der Waals surface area contributed by atoms with Gasteiger partial charge < -0.3 is 16.4 Å². The molecule has 0 aliphatic carbocycles. The average Bonchev–Trinajstić information content (AvgIpc) is 3.29. The molecule has 198 valence electrons. The molecule has 3 heterocycles. The van der Waals surface area contributed by atoms with E-state index in [-0.39, 0.29) is 17.1 Å². The molecule has 5 N–H and O–H groups in total. The van der Waals surface area contributed by atoms with Gasteiger partial charge in [-0.15, -0.1) is 0 Å². The van der Waals surface area contributed by atoms with Crippen molar-refractivity contribution in [3.05, 3.63) is 95.6 Å². The molecule has 3 aromatic heterocycles. The first-order valence-corrected chi connectivity index (χ1v) is 11.7. The van der Waals surface area contributed by atoms with E-state index in [0.717, 1.165) is 34.9 Å². The van der Waals surface area contributed by atoms with E-state index in [1.54, 1.807) is 13.1 Å². The number of aromatic nitrogens is 4. The Labute approximate surface area is 219 Å². The van der Waals surface area contributed by atoms with Crippen LogP contribution in [0.25, 0.3) is 22.2 Å². The van der Waals surface area contributed by atoms with E-state index >= 15 is 0 Å². The number of carbonyl (C=O) groups is 1. The Morgan fingerprint density at radius 2 is 1.69 bits per heavy atom. The van der Waals surface area contributed by atoms with E-state index in [1.165, 1.54) is 12.1 Å². The van der Waals surface area contributed by atoms with Crippen molar-refractivity contribution in [2.45, 2.75) is 19.1 Å². The van der Waals surface area contributed by atoms with Crippen LogP contribution in [0.5, 0.6) is 0 Å². The zero-order chi connectivity index (χ0) is 27.7. The predicted molar refractivity (Wildman–Crippen MR) is 139 cm³/mol. The summed E-state index contributed by atoms with van der Waals surface area (Å²) >= 11 is 0. The summed E-state index contributed by atoms with van der Waals surface area (Å²) in [6, 6.07) is 14.5. The number of hydrogen-bond donors (Lipinski definition) is 4. The number of benzene rings is 2. The second kappa shape index (κ2) is 10.0. The highest BCUT2D eigenvalue weighted by Crippen LogP contribution is 2.32. The van der Waals surface area contributed by atoms with E-state index in [1.807, 2.05) is 30.3 Å². The first-order valence-electron chi connectivity index (χ1n) is 11.7. The summed E-state index contributed by atoms with van der Waals surface area (Å²) in [6.45, 7) is 1.79. The highest BCUT2D eigenvalue weighted by atomic mass is 19.4. The largest absolute Gasteiger partial charge is 0.417 e. The van der Waals surface area contributed by atoms with Gasteiger partial charge in [0.05, 0.1) is 16.5 Å². The number of nitrogens with one attached hydrogen (secondary N) is 3. The first kappa shape index (κ1) is 25.6. The Balaban J connectivity index is 1.39. The van der Waals surface area contributed by atoms with E-state index < -0.39 is 29.5 Å².